The maximum absolute atomic E-state index is 6.10. The van der Waals surface area contributed by atoms with Crippen LogP contribution in [0.3, 0.4) is 0 Å². The second kappa shape index (κ2) is 5.61. The first-order valence-corrected chi connectivity index (χ1v) is 6.32. The molecular formula is C15H25NO2. The summed E-state index contributed by atoms with van der Waals surface area (Å²) < 4.78 is 11.0. The van der Waals surface area contributed by atoms with Crippen molar-refractivity contribution in [3.63, 3.8) is 0 Å². The van der Waals surface area contributed by atoms with E-state index in [9.17, 15) is 0 Å². The van der Waals surface area contributed by atoms with Gasteiger partial charge in [-0.2, -0.15) is 0 Å². The van der Waals surface area contributed by atoms with Gasteiger partial charge in [0.1, 0.15) is 11.5 Å². The molecule has 3 heteroatoms. The first-order chi connectivity index (χ1) is 8.30. The fourth-order valence-electron chi connectivity index (χ4n) is 2.22. The highest BCUT2D eigenvalue weighted by Crippen LogP contribution is 2.38. The zero-order valence-electron chi connectivity index (χ0n) is 12.3. The van der Waals surface area contributed by atoms with Crippen LogP contribution < -0.4 is 15.2 Å². The van der Waals surface area contributed by atoms with Gasteiger partial charge in [0, 0.05) is 11.1 Å². The van der Waals surface area contributed by atoms with Crippen molar-refractivity contribution in [2.24, 2.45) is 5.73 Å². The molecule has 0 amide bonds. The molecule has 0 aromatic heterocycles. The first-order valence-electron chi connectivity index (χ1n) is 6.32. The molecule has 102 valence electrons. The maximum atomic E-state index is 6.10. The average Bonchev–Trinajstić information content (AvgIpc) is 2.26. The van der Waals surface area contributed by atoms with E-state index in [-0.39, 0.29) is 5.54 Å². The molecule has 18 heavy (non-hydrogen) atoms. The molecule has 1 aromatic rings. The number of ether oxygens (including phenoxy) is 2. The van der Waals surface area contributed by atoms with Gasteiger partial charge in [0.2, 0.25) is 0 Å². The standard InChI is InChI=1S/C15H25NO2/c1-10(2)13-12(17-5)8-7-11(14(13)18-6)9-15(3,4)16/h7-8,10H,9,16H2,1-6H3. The van der Waals surface area contributed by atoms with Gasteiger partial charge in [-0.1, -0.05) is 19.9 Å². The molecule has 3 nitrogen and oxygen atoms in total. The Bertz CT molecular complexity index is 406. The minimum Gasteiger partial charge on any atom is -0.496 e. The van der Waals surface area contributed by atoms with E-state index < -0.39 is 0 Å². The third kappa shape index (κ3) is 3.39. The van der Waals surface area contributed by atoms with Gasteiger partial charge in [-0.05, 0) is 37.8 Å². The largest absolute Gasteiger partial charge is 0.496 e. The summed E-state index contributed by atoms with van der Waals surface area (Å²) in [6.45, 7) is 8.31. The Morgan fingerprint density at radius 2 is 1.78 bits per heavy atom. The summed E-state index contributed by atoms with van der Waals surface area (Å²) in [7, 11) is 3.39. The van der Waals surface area contributed by atoms with E-state index in [0.29, 0.717) is 5.92 Å². The van der Waals surface area contributed by atoms with E-state index in [1.165, 1.54) is 0 Å². The molecule has 0 aliphatic carbocycles. The van der Waals surface area contributed by atoms with Crippen LogP contribution in [0.4, 0.5) is 0 Å². The smallest absolute Gasteiger partial charge is 0.129 e. The van der Waals surface area contributed by atoms with Crippen molar-refractivity contribution >= 4 is 0 Å². The number of hydrogen-bond acceptors (Lipinski definition) is 3. The molecule has 0 saturated carbocycles. The Morgan fingerprint density at radius 3 is 2.17 bits per heavy atom. The van der Waals surface area contributed by atoms with Crippen LogP contribution >= 0.6 is 0 Å². The topological polar surface area (TPSA) is 44.5 Å². The minimum atomic E-state index is -0.254. The molecule has 0 atom stereocenters. The van der Waals surface area contributed by atoms with Gasteiger partial charge in [0.05, 0.1) is 14.2 Å². The van der Waals surface area contributed by atoms with Crippen LogP contribution in [-0.2, 0) is 6.42 Å². The zero-order valence-corrected chi connectivity index (χ0v) is 12.3. The predicted octanol–water partition coefficient (Wildman–Crippen LogP) is 3.11. The molecule has 0 unspecified atom stereocenters. The van der Waals surface area contributed by atoms with Crippen LogP contribution in [0.1, 0.15) is 44.7 Å². The molecule has 0 aliphatic heterocycles. The van der Waals surface area contributed by atoms with Crippen molar-refractivity contribution in [1.82, 2.24) is 0 Å². The summed E-state index contributed by atoms with van der Waals surface area (Å²) >= 11 is 0. The van der Waals surface area contributed by atoms with Crippen molar-refractivity contribution in [2.45, 2.75) is 45.6 Å². The molecule has 0 aliphatic rings. The highest BCUT2D eigenvalue weighted by atomic mass is 16.5. The summed E-state index contributed by atoms with van der Waals surface area (Å²) in [5.74, 6) is 2.12. The Hall–Kier alpha value is -1.22. The molecule has 0 bridgehead atoms. The lowest BCUT2D eigenvalue weighted by Gasteiger charge is -2.24. The quantitative estimate of drug-likeness (QED) is 0.874. The third-order valence-electron chi connectivity index (χ3n) is 2.89. The van der Waals surface area contributed by atoms with E-state index >= 15 is 0 Å². The van der Waals surface area contributed by atoms with E-state index in [1.807, 2.05) is 26.0 Å². The molecule has 2 N–H and O–H groups in total. The number of methoxy groups -OCH3 is 2. The van der Waals surface area contributed by atoms with E-state index in [1.54, 1.807) is 14.2 Å². The van der Waals surface area contributed by atoms with Crippen molar-refractivity contribution in [2.75, 3.05) is 14.2 Å². The number of nitrogens with two attached hydrogens (primary N) is 1. The zero-order chi connectivity index (χ0) is 13.9. The van der Waals surface area contributed by atoms with Crippen molar-refractivity contribution < 1.29 is 9.47 Å². The van der Waals surface area contributed by atoms with Gasteiger partial charge in [-0.15, -0.1) is 0 Å². The molecular weight excluding hydrogens is 226 g/mol. The molecule has 1 aromatic carbocycles. The van der Waals surface area contributed by atoms with Gasteiger partial charge in [0.25, 0.3) is 0 Å². The van der Waals surface area contributed by atoms with Crippen LogP contribution in [0.5, 0.6) is 11.5 Å². The molecule has 0 saturated heterocycles. The Labute approximate surface area is 110 Å². The minimum absolute atomic E-state index is 0.254. The summed E-state index contributed by atoms with van der Waals surface area (Å²) in [6.07, 6.45) is 0.778. The van der Waals surface area contributed by atoms with E-state index in [2.05, 4.69) is 13.8 Å². The monoisotopic (exact) mass is 251 g/mol. The van der Waals surface area contributed by atoms with Gasteiger partial charge in [0.15, 0.2) is 0 Å². The van der Waals surface area contributed by atoms with E-state index in [0.717, 1.165) is 29.0 Å². The number of benzene rings is 1. The first kappa shape index (κ1) is 14.8. The highest BCUT2D eigenvalue weighted by Gasteiger charge is 2.21. The van der Waals surface area contributed by atoms with Gasteiger partial charge in [-0.3, -0.25) is 0 Å². The predicted molar refractivity (Wildman–Crippen MR) is 75.6 cm³/mol. The summed E-state index contributed by atoms with van der Waals surface area (Å²) in [6, 6.07) is 4.04. The normalized spacial score (nSPS) is 11.8. The summed E-state index contributed by atoms with van der Waals surface area (Å²) in [5, 5.41) is 0. The van der Waals surface area contributed by atoms with Crippen LogP contribution in [0.2, 0.25) is 0 Å². The third-order valence-corrected chi connectivity index (χ3v) is 2.89. The van der Waals surface area contributed by atoms with Crippen molar-refractivity contribution in [3.8, 4) is 11.5 Å². The van der Waals surface area contributed by atoms with Crippen LogP contribution in [-0.4, -0.2) is 19.8 Å². The lowest BCUT2D eigenvalue weighted by atomic mass is 9.91. The van der Waals surface area contributed by atoms with E-state index in [4.69, 9.17) is 15.2 Å². The van der Waals surface area contributed by atoms with Crippen molar-refractivity contribution in [3.05, 3.63) is 23.3 Å². The lowest BCUT2D eigenvalue weighted by molar-refractivity contribution is 0.374. The molecule has 0 radical (unpaired) electrons. The van der Waals surface area contributed by atoms with Crippen LogP contribution in [0.15, 0.2) is 12.1 Å². The average molecular weight is 251 g/mol. The van der Waals surface area contributed by atoms with Crippen molar-refractivity contribution in [1.29, 1.82) is 0 Å². The Morgan fingerprint density at radius 1 is 1.17 bits per heavy atom. The fraction of sp³-hybridized carbons (Fsp3) is 0.600. The Balaban J connectivity index is 3.33. The summed E-state index contributed by atoms with van der Waals surface area (Å²) in [5.41, 5.74) is 8.09. The second-order valence-corrected chi connectivity index (χ2v) is 5.69. The fourth-order valence-corrected chi connectivity index (χ4v) is 2.22. The lowest BCUT2D eigenvalue weighted by Crippen LogP contribution is -2.34. The van der Waals surface area contributed by atoms with Gasteiger partial charge < -0.3 is 15.2 Å². The van der Waals surface area contributed by atoms with Crippen LogP contribution in [0, 0.1) is 0 Å². The van der Waals surface area contributed by atoms with Crippen LogP contribution in [0.25, 0.3) is 0 Å². The molecule has 0 spiro atoms. The van der Waals surface area contributed by atoms with Gasteiger partial charge in [-0.25, -0.2) is 0 Å². The second-order valence-electron chi connectivity index (χ2n) is 5.69. The number of hydrogen-bond donors (Lipinski definition) is 1. The highest BCUT2D eigenvalue weighted by molar-refractivity contribution is 5.52. The molecule has 0 heterocycles. The SMILES string of the molecule is COc1ccc(CC(C)(C)N)c(OC)c1C(C)C. The molecule has 0 fully saturated rings. The Kier molecular flexibility index (Phi) is 4.63. The summed E-state index contributed by atoms with van der Waals surface area (Å²) in [4.78, 5) is 0. The maximum Gasteiger partial charge on any atom is 0.129 e. The number of rotatable bonds is 5. The van der Waals surface area contributed by atoms with Gasteiger partial charge >= 0.3 is 0 Å². The molecule has 1 rings (SSSR count).